The van der Waals surface area contributed by atoms with Gasteiger partial charge < -0.3 is 9.64 Å². The third-order valence-electron chi connectivity index (χ3n) is 7.26. The minimum Gasteiger partial charge on any atom is -0.494 e. The Morgan fingerprint density at radius 1 is 1.15 bits per heavy atom. The Labute approximate surface area is 194 Å². The van der Waals surface area contributed by atoms with Gasteiger partial charge in [-0.3, -0.25) is 14.5 Å². The first-order valence-electron chi connectivity index (χ1n) is 12.2. The fourth-order valence-electron chi connectivity index (χ4n) is 5.47. The SMILES string of the molecule is CCCOc1ccc(C(=O)N2C[C@H]3Cc4nn(CC5CC5)c(-c5cccnc5)c4[C@H]3C2)cc1. The number of hydrogen-bond acceptors (Lipinski definition) is 4. The average molecular weight is 443 g/mol. The molecule has 0 unspecified atom stereocenters. The quantitative estimate of drug-likeness (QED) is 0.538. The van der Waals surface area contributed by atoms with Crippen LogP contribution in [0.5, 0.6) is 5.75 Å². The molecule has 2 aromatic heterocycles. The van der Waals surface area contributed by atoms with Crippen LogP contribution in [-0.2, 0) is 13.0 Å². The van der Waals surface area contributed by atoms with E-state index in [9.17, 15) is 4.79 Å². The van der Waals surface area contributed by atoms with Crippen molar-refractivity contribution in [2.24, 2.45) is 11.8 Å². The van der Waals surface area contributed by atoms with Crippen molar-refractivity contribution in [2.45, 2.75) is 45.1 Å². The van der Waals surface area contributed by atoms with Crippen LogP contribution in [0.15, 0.2) is 48.8 Å². The van der Waals surface area contributed by atoms with E-state index in [1.54, 1.807) is 0 Å². The molecule has 0 bridgehead atoms. The van der Waals surface area contributed by atoms with E-state index in [-0.39, 0.29) is 5.91 Å². The number of likely N-dealkylation sites (tertiary alicyclic amines) is 1. The van der Waals surface area contributed by atoms with Gasteiger partial charge in [0.1, 0.15) is 5.75 Å². The molecule has 170 valence electrons. The maximum Gasteiger partial charge on any atom is 0.253 e. The Morgan fingerprint density at radius 3 is 2.73 bits per heavy atom. The number of pyridine rings is 1. The molecule has 2 aliphatic carbocycles. The van der Waals surface area contributed by atoms with E-state index in [1.165, 1.54) is 29.8 Å². The second-order valence-electron chi connectivity index (χ2n) is 9.73. The Kier molecular flexibility index (Phi) is 5.16. The van der Waals surface area contributed by atoms with E-state index in [4.69, 9.17) is 9.84 Å². The molecule has 0 spiro atoms. The van der Waals surface area contributed by atoms with Gasteiger partial charge in [-0.05, 0) is 73.9 Å². The van der Waals surface area contributed by atoms with Crippen LogP contribution in [0, 0.1) is 11.8 Å². The Bertz CT molecular complexity index is 1150. The van der Waals surface area contributed by atoms with E-state index in [1.807, 2.05) is 47.6 Å². The predicted octanol–water partition coefficient (Wildman–Crippen LogP) is 4.56. The van der Waals surface area contributed by atoms with Gasteiger partial charge in [0.2, 0.25) is 0 Å². The van der Waals surface area contributed by atoms with Crippen molar-refractivity contribution in [2.75, 3.05) is 19.7 Å². The summed E-state index contributed by atoms with van der Waals surface area (Å²) in [5.74, 6) is 2.48. The number of fused-ring (bicyclic) bond motifs is 3. The summed E-state index contributed by atoms with van der Waals surface area (Å²) in [7, 11) is 0. The monoisotopic (exact) mass is 442 g/mol. The zero-order chi connectivity index (χ0) is 22.4. The number of amides is 1. The number of hydrogen-bond donors (Lipinski definition) is 0. The lowest BCUT2D eigenvalue weighted by molar-refractivity contribution is 0.0785. The first-order valence-corrected chi connectivity index (χ1v) is 12.2. The van der Waals surface area contributed by atoms with Crippen LogP contribution in [0.2, 0.25) is 0 Å². The Morgan fingerprint density at radius 2 is 2.00 bits per heavy atom. The van der Waals surface area contributed by atoms with Gasteiger partial charge in [0, 0.05) is 54.6 Å². The van der Waals surface area contributed by atoms with E-state index in [0.29, 0.717) is 18.4 Å². The molecule has 0 radical (unpaired) electrons. The smallest absolute Gasteiger partial charge is 0.253 e. The fraction of sp³-hybridized carbons (Fsp3) is 0.444. The molecule has 6 nitrogen and oxygen atoms in total. The highest BCUT2D eigenvalue weighted by molar-refractivity contribution is 5.94. The van der Waals surface area contributed by atoms with Crippen LogP contribution in [0.3, 0.4) is 0 Å². The summed E-state index contributed by atoms with van der Waals surface area (Å²) >= 11 is 0. The second-order valence-corrected chi connectivity index (χ2v) is 9.73. The normalized spacial score (nSPS) is 21.2. The van der Waals surface area contributed by atoms with E-state index >= 15 is 0 Å². The number of carbonyl (C=O) groups is 1. The standard InChI is InChI=1S/C27H30N4O2/c1-2-12-33-22-9-7-19(8-10-22)27(32)30-16-21-13-24-25(23(21)17-30)26(20-4-3-11-28-14-20)31(29-24)15-18-5-6-18/h3-4,7-11,14,18,21,23H,2,5-6,12-13,15-17H2,1H3/t21-,23+/m1/s1. The van der Waals surface area contributed by atoms with Crippen molar-refractivity contribution in [1.29, 1.82) is 0 Å². The minimum atomic E-state index is 0.112. The summed E-state index contributed by atoms with van der Waals surface area (Å²) in [5.41, 5.74) is 5.68. The third-order valence-corrected chi connectivity index (χ3v) is 7.26. The summed E-state index contributed by atoms with van der Waals surface area (Å²) in [6.07, 6.45) is 8.30. The molecule has 0 N–H and O–H groups in total. The number of rotatable bonds is 7. The van der Waals surface area contributed by atoms with Crippen molar-refractivity contribution in [3.8, 4) is 17.0 Å². The lowest BCUT2D eigenvalue weighted by Gasteiger charge is -2.18. The number of nitrogens with zero attached hydrogens (tertiary/aromatic N) is 4. The zero-order valence-corrected chi connectivity index (χ0v) is 19.1. The molecule has 2 fully saturated rings. The van der Waals surface area contributed by atoms with Crippen LogP contribution in [0.25, 0.3) is 11.3 Å². The summed E-state index contributed by atoms with van der Waals surface area (Å²) in [6.45, 7) is 5.32. The molecule has 3 aromatic rings. The molecular formula is C27H30N4O2. The van der Waals surface area contributed by atoms with Gasteiger partial charge >= 0.3 is 0 Å². The number of carbonyl (C=O) groups excluding carboxylic acids is 1. The predicted molar refractivity (Wildman–Crippen MR) is 126 cm³/mol. The van der Waals surface area contributed by atoms with Gasteiger partial charge in [-0.1, -0.05) is 6.92 Å². The molecule has 1 aliphatic heterocycles. The number of benzene rings is 1. The summed E-state index contributed by atoms with van der Waals surface area (Å²) in [6, 6.07) is 11.7. The van der Waals surface area contributed by atoms with Crippen molar-refractivity contribution in [3.05, 3.63) is 65.6 Å². The van der Waals surface area contributed by atoms with Gasteiger partial charge in [-0.2, -0.15) is 5.10 Å². The molecule has 1 saturated heterocycles. The van der Waals surface area contributed by atoms with Crippen LogP contribution in [0.1, 0.15) is 53.7 Å². The average Bonchev–Trinajstić information content (AvgIpc) is 3.33. The van der Waals surface area contributed by atoms with E-state index in [0.717, 1.165) is 55.3 Å². The molecular weight excluding hydrogens is 412 g/mol. The van der Waals surface area contributed by atoms with Crippen LogP contribution < -0.4 is 4.74 Å². The minimum absolute atomic E-state index is 0.112. The van der Waals surface area contributed by atoms with Crippen LogP contribution in [-0.4, -0.2) is 45.3 Å². The lowest BCUT2D eigenvalue weighted by atomic mass is 9.94. The van der Waals surface area contributed by atoms with E-state index in [2.05, 4.69) is 22.7 Å². The topological polar surface area (TPSA) is 60.2 Å². The van der Waals surface area contributed by atoms with Crippen molar-refractivity contribution in [3.63, 3.8) is 0 Å². The second kappa shape index (κ2) is 8.32. The first kappa shape index (κ1) is 20.5. The first-order chi connectivity index (χ1) is 16.2. The van der Waals surface area contributed by atoms with Crippen molar-refractivity contribution < 1.29 is 9.53 Å². The molecule has 2 atom stereocenters. The summed E-state index contributed by atoms with van der Waals surface area (Å²) in [5, 5.41) is 5.06. The Balaban J connectivity index is 1.25. The van der Waals surface area contributed by atoms with Gasteiger partial charge in [-0.15, -0.1) is 0 Å². The summed E-state index contributed by atoms with van der Waals surface area (Å²) in [4.78, 5) is 19.7. The largest absolute Gasteiger partial charge is 0.494 e. The summed E-state index contributed by atoms with van der Waals surface area (Å²) < 4.78 is 7.90. The highest BCUT2D eigenvalue weighted by atomic mass is 16.5. The van der Waals surface area contributed by atoms with Crippen molar-refractivity contribution in [1.82, 2.24) is 19.7 Å². The number of aromatic nitrogens is 3. The third kappa shape index (κ3) is 3.81. The molecule has 6 heteroatoms. The van der Waals surface area contributed by atoms with Crippen molar-refractivity contribution >= 4 is 5.91 Å². The van der Waals surface area contributed by atoms with E-state index < -0.39 is 0 Å². The lowest BCUT2D eigenvalue weighted by Crippen LogP contribution is -2.29. The highest BCUT2D eigenvalue weighted by Gasteiger charge is 2.45. The molecule has 1 amide bonds. The van der Waals surface area contributed by atoms with Gasteiger partial charge in [0.05, 0.1) is 18.0 Å². The van der Waals surface area contributed by atoms with Gasteiger partial charge in [0.15, 0.2) is 0 Å². The highest BCUT2D eigenvalue weighted by Crippen LogP contribution is 2.48. The molecule has 3 heterocycles. The Hall–Kier alpha value is -3.15. The molecule has 1 aromatic carbocycles. The van der Waals surface area contributed by atoms with Crippen LogP contribution >= 0.6 is 0 Å². The van der Waals surface area contributed by atoms with Crippen LogP contribution in [0.4, 0.5) is 0 Å². The van der Waals surface area contributed by atoms with Gasteiger partial charge in [-0.25, -0.2) is 0 Å². The zero-order valence-electron chi connectivity index (χ0n) is 19.1. The van der Waals surface area contributed by atoms with Gasteiger partial charge in [0.25, 0.3) is 5.91 Å². The molecule has 3 aliphatic rings. The maximum absolute atomic E-state index is 13.3. The fourth-order valence-corrected chi connectivity index (χ4v) is 5.47. The number of ether oxygens (including phenoxy) is 1. The molecule has 6 rings (SSSR count). The maximum atomic E-state index is 13.3. The molecule has 1 saturated carbocycles. The molecule has 33 heavy (non-hydrogen) atoms.